The molecule has 0 aromatic heterocycles. The highest BCUT2D eigenvalue weighted by Gasteiger charge is 2.46. The molecule has 1 aromatic carbocycles. The van der Waals surface area contributed by atoms with Crippen LogP contribution in [-0.4, -0.2) is 13.1 Å². The summed E-state index contributed by atoms with van der Waals surface area (Å²) in [5, 5.41) is 3.27. The molecule has 35 heavy (non-hydrogen) atoms. The lowest BCUT2D eigenvalue weighted by Crippen LogP contribution is -2.32. The van der Waals surface area contributed by atoms with Crippen molar-refractivity contribution in [2.45, 2.75) is 90.4 Å². The number of hydrogen-bond donors (Lipinski definition) is 1. The first kappa shape index (κ1) is 25.1. The number of allylic oxidation sites excluding steroid dienone is 3. The molecule has 7 unspecified atom stereocenters. The molecule has 4 aliphatic carbocycles. The van der Waals surface area contributed by atoms with Gasteiger partial charge < -0.3 is 5.32 Å². The van der Waals surface area contributed by atoms with Gasteiger partial charge in [-0.1, -0.05) is 68.0 Å². The Labute approximate surface area is 215 Å². The van der Waals surface area contributed by atoms with Crippen LogP contribution in [-0.2, 0) is 0 Å². The molecule has 1 heteroatoms. The SMILES string of the molecule is C=Cc1cc(C2CCC3C4CCC5CCCCC5=CC4CCC23)ccc1/C=C\C.CC1CCNC1. The third-order valence-corrected chi connectivity index (χ3v) is 10.3. The van der Waals surface area contributed by atoms with Gasteiger partial charge in [0.05, 0.1) is 0 Å². The molecule has 190 valence electrons. The monoisotopic (exact) mass is 471 g/mol. The second-order valence-corrected chi connectivity index (χ2v) is 12.4. The van der Waals surface area contributed by atoms with Crippen molar-refractivity contribution >= 4 is 12.2 Å². The maximum absolute atomic E-state index is 4.08. The minimum atomic E-state index is 0.775. The van der Waals surface area contributed by atoms with Crippen molar-refractivity contribution in [1.82, 2.24) is 5.32 Å². The predicted octanol–water partition coefficient (Wildman–Crippen LogP) is 9.02. The zero-order valence-corrected chi connectivity index (χ0v) is 22.5. The van der Waals surface area contributed by atoms with E-state index in [2.05, 4.69) is 62.2 Å². The van der Waals surface area contributed by atoms with Crippen LogP contribution >= 0.6 is 0 Å². The first-order valence-electron chi connectivity index (χ1n) is 15.0. The molecular formula is C34H49N. The Bertz CT molecular complexity index is 917. The van der Waals surface area contributed by atoms with E-state index in [4.69, 9.17) is 0 Å². The quantitative estimate of drug-likeness (QED) is 0.434. The molecule has 1 saturated heterocycles. The standard InChI is InChI=1S/C29H38.C5H11N/c1-3-7-21-10-11-24(18-20(21)4-2)27-16-17-29-26-14-12-22-8-5-6-9-23(22)19-25(26)13-15-28(27)29;1-5-2-3-6-4-5/h3-4,7,10-11,18-19,22,25-29H,2,5-6,8-9,12-17H2,1H3;5-6H,2-4H2,1H3/b7-3-;. The molecule has 1 N–H and O–H groups in total. The minimum absolute atomic E-state index is 0.775. The molecule has 0 radical (unpaired) electrons. The van der Waals surface area contributed by atoms with E-state index in [0.717, 1.165) is 41.4 Å². The fraction of sp³-hybridized carbons (Fsp3) is 0.647. The van der Waals surface area contributed by atoms with Gasteiger partial charge in [-0.25, -0.2) is 0 Å². The van der Waals surface area contributed by atoms with E-state index in [1.165, 1.54) is 94.8 Å². The van der Waals surface area contributed by atoms with Gasteiger partial charge in [0, 0.05) is 0 Å². The number of fused-ring (bicyclic) bond motifs is 4. The van der Waals surface area contributed by atoms with Crippen LogP contribution in [0.3, 0.4) is 0 Å². The maximum Gasteiger partial charge on any atom is -0.00227 e. The van der Waals surface area contributed by atoms with Gasteiger partial charge in [-0.2, -0.15) is 0 Å². The van der Waals surface area contributed by atoms with Crippen LogP contribution in [0.1, 0.15) is 107 Å². The Kier molecular flexibility index (Phi) is 8.33. The Morgan fingerprint density at radius 2 is 1.74 bits per heavy atom. The van der Waals surface area contributed by atoms with Gasteiger partial charge in [0.25, 0.3) is 0 Å². The van der Waals surface area contributed by atoms with Crippen molar-refractivity contribution in [2.24, 2.45) is 35.5 Å². The first-order chi connectivity index (χ1) is 17.2. The van der Waals surface area contributed by atoms with Crippen LogP contribution in [0.25, 0.3) is 12.2 Å². The molecule has 3 saturated carbocycles. The Morgan fingerprint density at radius 3 is 2.49 bits per heavy atom. The molecule has 1 aliphatic heterocycles. The molecule has 1 heterocycles. The summed E-state index contributed by atoms with van der Waals surface area (Å²) in [5.41, 5.74) is 6.07. The second kappa shape index (κ2) is 11.6. The van der Waals surface area contributed by atoms with Gasteiger partial charge in [-0.3, -0.25) is 0 Å². The number of nitrogens with one attached hydrogen (secondary N) is 1. The van der Waals surface area contributed by atoms with Gasteiger partial charge in [0.1, 0.15) is 0 Å². The van der Waals surface area contributed by atoms with E-state index in [1.54, 1.807) is 5.56 Å². The summed E-state index contributed by atoms with van der Waals surface area (Å²) in [6.07, 6.45) is 25.1. The second-order valence-electron chi connectivity index (χ2n) is 12.4. The van der Waals surface area contributed by atoms with Crippen molar-refractivity contribution in [1.29, 1.82) is 0 Å². The minimum Gasteiger partial charge on any atom is -0.316 e. The maximum atomic E-state index is 4.08. The number of rotatable bonds is 3. The molecule has 0 bridgehead atoms. The first-order valence-corrected chi connectivity index (χ1v) is 15.0. The van der Waals surface area contributed by atoms with E-state index in [-0.39, 0.29) is 0 Å². The average Bonchev–Trinajstić information content (AvgIpc) is 3.49. The topological polar surface area (TPSA) is 12.0 Å². The van der Waals surface area contributed by atoms with E-state index in [1.807, 2.05) is 11.6 Å². The number of benzene rings is 1. The summed E-state index contributed by atoms with van der Waals surface area (Å²) >= 11 is 0. The Morgan fingerprint density at radius 1 is 0.886 bits per heavy atom. The lowest BCUT2D eigenvalue weighted by Gasteiger charge is -2.40. The Balaban J connectivity index is 0.000000371. The summed E-state index contributed by atoms with van der Waals surface area (Å²) in [6, 6.07) is 7.20. The summed E-state index contributed by atoms with van der Waals surface area (Å²) in [6.45, 7) is 10.9. The fourth-order valence-corrected chi connectivity index (χ4v) is 8.47. The van der Waals surface area contributed by atoms with Crippen molar-refractivity contribution < 1.29 is 0 Å². The largest absolute Gasteiger partial charge is 0.316 e. The zero-order valence-electron chi connectivity index (χ0n) is 22.5. The third-order valence-electron chi connectivity index (χ3n) is 10.3. The zero-order chi connectivity index (χ0) is 24.2. The van der Waals surface area contributed by atoms with E-state index < -0.39 is 0 Å². The molecular weight excluding hydrogens is 422 g/mol. The molecule has 4 fully saturated rings. The van der Waals surface area contributed by atoms with E-state index in [0.29, 0.717) is 0 Å². The van der Waals surface area contributed by atoms with Gasteiger partial charge >= 0.3 is 0 Å². The number of hydrogen-bond acceptors (Lipinski definition) is 1. The van der Waals surface area contributed by atoms with Crippen molar-refractivity contribution in [3.05, 3.63) is 59.2 Å². The van der Waals surface area contributed by atoms with Crippen LogP contribution < -0.4 is 5.32 Å². The summed E-state index contributed by atoms with van der Waals surface area (Å²) < 4.78 is 0. The lowest BCUT2D eigenvalue weighted by atomic mass is 9.64. The van der Waals surface area contributed by atoms with Crippen LogP contribution in [0, 0.1) is 35.5 Å². The highest BCUT2D eigenvalue weighted by Crippen LogP contribution is 2.57. The molecule has 5 aliphatic rings. The normalized spacial score (nSPS) is 36.3. The van der Waals surface area contributed by atoms with Gasteiger partial charge in [0.2, 0.25) is 0 Å². The lowest BCUT2D eigenvalue weighted by molar-refractivity contribution is 0.121. The Hall–Kier alpha value is -1.60. The van der Waals surface area contributed by atoms with Crippen LogP contribution in [0.5, 0.6) is 0 Å². The molecule has 6 rings (SSSR count). The average molecular weight is 472 g/mol. The summed E-state index contributed by atoms with van der Waals surface area (Å²) in [5.74, 6) is 6.41. The molecule has 0 spiro atoms. The van der Waals surface area contributed by atoms with Crippen LogP contribution in [0.15, 0.2) is 42.5 Å². The highest BCUT2D eigenvalue weighted by molar-refractivity contribution is 5.65. The molecule has 0 amide bonds. The molecule has 1 aromatic rings. The molecule has 1 nitrogen and oxygen atoms in total. The van der Waals surface area contributed by atoms with Crippen molar-refractivity contribution in [2.75, 3.05) is 13.1 Å². The van der Waals surface area contributed by atoms with E-state index >= 15 is 0 Å². The van der Waals surface area contributed by atoms with Gasteiger partial charge in [0.15, 0.2) is 0 Å². The van der Waals surface area contributed by atoms with Crippen molar-refractivity contribution in [3.63, 3.8) is 0 Å². The van der Waals surface area contributed by atoms with Gasteiger partial charge in [-0.15, -0.1) is 0 Å². The predicted molar refractivity (Wildman–Crippen MR) is 152 cm³/mol. The smallest absolute Gasteiger partial charge is 0.00227 e. The van der Waals surface area contributed by atoms with Gasteiger partial charge in [-0.05, 0) is 142 Å². The van der Waals surface area contributed by atoms with Crippen LogP contribution in [0.2, 0.25) is 0 Å². The van der Waals surface area contributed by atoms with E-state index in [9.17, 15) is 0 Å². The van der Waals surface area contributed by atoms with Crippen molar-refractivity contribution in [3.8, 4) is 0 Å². The summed E-state index contributed by atoms with van der Waals surface area (Å²) in [4.78, 5) is 0. The van der Waals surface area contributed by atoms with Crippen LogP contribution in [0.4, 0.5) is 0 Å². The highest BCUT2D eigenvalue weighted by atomic mass is 14.9. The fourth-order valence-electron chi connectivity index (χ4n) is 8.47. The molecule has 7 atom stereocenters. The summed E-state index contributed by atoms with van der Waals surface area (Å²) in [7, 11) is 0. The third kappa shape index (κ3) is 5.56.